The number of benzene rings is 1. The van der Waals surface area contributed by atoms with Gasteiger partial charge in [-0.3, -0.25) is 4.99 Å². The SMILES string of the molecule is CC1CC1.C\C=C(C(CC)=Nc1cc(F)c(F)cc1C)/C(Cl)=N\C(Cl)=C/C. The lowest BCUT2D eigenvalue weighted by Gasteiger charge is -2.09. The van der Waals surface area contributed by atoms with E-state index in [0.29, 0.717) is 29.0 Å². The van der Waals surface area contributed by atoms with Crippen molar-refractivity contribution in [2.75, 3.05) is 0 Å². The summed E-state index contributed by atoms with van der Waals surface area (Å²) in [5.41, 5.74) is 2.08. The second-order valence-electron chi connectivity index (χ2n) is 6.36. The molecular weight excluding hydrogens is 389 g/mol. The van der Waals surface area contributed by atoms with Crippen molar-refractivity contribution in [1.29, 1.82) is 0 Å². The highest BCUT2D eigenvalue weighted by molar-refractivity contribution is 6.73. The standard InChI is InChI=1S/C17H18Cl2F2N2.C4H8/c1-5-11(17(19)23-16(18)7-3)14(6-2)22-15-9-13(21)12(20)8-10(15)4;1-4-2-3-4/h5,7-9H,6H2,1-4H3;4H,2-3H2,1H3/b11-5-,16-7-,22-14?,23-17+;. The Morgan fingerprint density at radius 1 is 1.15 bits per heavy atom. The van der Waals surface area contributed by atoms with Crippen LogP contribution in [0.4, 0.5) is 14.5 Å². The molecule has 1 aliphatic carbocycles. The fourth-order valence-electron chi connectivity index (χ4n) is 2.02. The van der Waals surface area contributed by atoms with E-state index in [2.05, 4.69) is 16.9 Å². The van der Waals surface area contributed by atoms with Gasteiger partial charge >= 0.3 is 0 Å². The Morgan fingerprint density at radius 2 is 1.70 bits per heavy atom. The molecule has 2 nitrogen and oxygen atoms in total. The van der Waals surface area contributed by atoms with Crippen molar-refractivity contribution in [2.24, 2.45) is 15.9 Å². The van der Waals surface area contributed by atoms with Gasteiger partial charge in [-0.1, -0.05) is 62.0 Å². The third-order valence-electron chi connectivity index (χ3n) is 3.96. The normalized spacial score (nSPS) is 16.2. The summed E-state index contributed by atoms with van der Waals surface area (Å²) in [6, 6.07) is 2.18. The number of halogens is 4. The van der Waals surface area contributed by atoms with Gasteiger partial charge in [0.15, 0.2) is 11.6 Å². The lowest BCUT2D eigenvalue weighted by Crippen LogP contribution is -2.08. The second kappa shape index (κ2) is 11.4. The number of aryl methyl sites for hydroxylation is 1. The van der Waals surface area contributed by atoms with E-state index in [9.17, 15) is 8.78 Å². The van der Waals surface area contributed by atoms with Crippen molar-refractivity contribution in [3.8, 4) is 0 Å². The number of rotatable bonds is 5. The molecule has 0 amide bonds. The van der Waals surface area contributed by atoms with Crippen molar-refractivity contribution in [2.45, 2.75) is 53.9 Å². The van der Waals surface area contributed by atoms with Crippen LogP contribution in [0, 0.1) is 24.5 Å². The number of hydrogen-bond acceptors (Lipinski definition) is 2. The zero-order chi connectivity index (χ0) is 20.6. The molecule has 1 saturated carbocycles. The Labute approximate surface area is 170 Å². The molecule has 0 saturated heterocycles. The van der Waals surface area contributed by atoms with Gasteiger partial charge in [0, 0.05) is 11.6 Å². The molecule has 6 heteroatoms. The average molecular weight is 415 g/mol. The molecule has 0 atom stereocenters. The van der Waals surface area contributed by atoms with E-state index in [1.165, 1.54) is 12.8 Å². The maximum atomic E-state index is 13.4. The van der Waals surface area contributed by atoms with Crippen LogP contribution in [0.2, 0.25) is 0 Å². The summed E-state index contributed by atoms with van der Waals surface area (Å²) >= 11 is 12.1. The zero-order valence-corrected chi connectivity index (χ0v) is 17.9. The third-order valence-corrected chi connectivity index (χ3v) is 4.55. The Morgan fingerprint density at radius 3 is 2.15 bits per heavy atom. The molecule has 0 unspecified atom stereocenters. The molecular formula is C21H26Cl2F2N2. The molecule has 0 aromatic heterocycles. The summed E-state index contributed by atoms with van der Waals surface area (Å²) in [5.74, 6) is -0.756. The van der Waals surface area contributed by atoms with E-state index in [1.807, 2.05) is 6.92 Å². The third kappa shape index (κ3) is 7.94. The minimum atomic E-state index is -0.941. The first-order chi connectivity index (χ1) is 12.7. The van der Waals surface area contributed by atoms with Crippen LogP contribution in [-0.2, 0) is 0 Å². The van der Waals surface area contributed by atoms with Gasteiger partial charge in [-0.05, 0) is 44.7 Å². The number of allylic oxidation sites excluding steroid dienone is 3. The molecule has 0 bridgehead atoms. The first-order valence-electron chi connectivity index (χ1n) is 8.99. The molecule has 1 aromatic carbocycles. The van der Waals surface area contributed by atoms with Crippen molar-refractivity contribution in [3.05, 3.63) is 52.2 Å². The summed E-state index contributed by atoms with van der Waals surface area (Å²) in [7, 11) is 0. The summed E-state index contributed by atoms with van der Waals surface area (Å²) in [4.78, 5) is 8.47. The second-order valence-corrected chi connectivity index (χ2v) is 7.11. The minimum absolute atomic E-state index is 0.191. The molecule has 0 heterocycles. The van der Waals surface area contributed by atoms with E-state index < -0.39 is 11.6 Å². The highest BCUT2D eigenvalue weighted by Gasteiger charge is 2.13. The van der Waals surface area contributed by atoms with E-state index in [0.717, 1.165) is 18.1 Å². The fourth-order valence-corrected chi connectivity index (χ4v) is 2.46. The Bertz CT molecular complexity index is 777. The van der Waals surface area contributed by atoms with Crippen molar-refractivity contribution < 1.29 is 8.78 Å². The predicted molar refractivity (Wildman–Crippen MR) is 114 cm³/mol. The van der Waals surface area contributed by atoms with Gasteiger partial charge in [0.05, 0.1) is 11.4 Å². The molecule has 0 radical (unpaired) electrons. The van der Waals surface area contributed by atoms with E-state index in [-0.39, 0.29) is 10.3 Å². The molecule has 0 N–H and O–H groups in total. The Balaban J connectivity index is 0.000000800. The van der Waals surface area contributed by atoms with Gasteiger partial charge in [0.1, 0.15) is 10.3 Å². The fraction of sp³-hybridized carbons (Fsp3) is 0.429. The minimum Gasteiger partial charge on any atom is -0.252 e. The molecule has 148 valence electrons. The van der Waals surface area contributed by atoms with Crippen molar-refractivity contribution in [1.82, 2.24) is 0 Å². The molecule has 1 aromatic rings. The van der Waals surface area contributed by atoms with E-state index in [4.69, 9.17) is 23.2 Å². The number of nitrogens with zero attached hydrogens (tertiary/aromatic N) is 2. The molecule has 0 aliphatic heterocycles. The average Bonchev–Trinajstić information content (AvgIpc) is 3.41. The summed E-state index contributed by atoms with van der Waals surface area (Å²) < 4.78 is 26.7. The van der Waals surface area contributed by atoms with Gasteiger partial charge in [0.2, 0.25) is 0 Å². The topological polar surface area (TPSA) is 24.7 Å². The number of aliphatic imine (C=N–C) groups is 2. The number of hydrogen-bond donors (Lipinski definition) is 0. The maximum absolute atomic E-state index is 13.4. The van der Waals surface area contributed by atoms with Crippen LogP contribution < -0.4 is 0 Å². The molecule has 27 heavy (non-hydrogen) atoms. The Hall–Kier alpha value is -1.52. The van der Waals surface area contributed by atoms with Crippen LogP contribution in [0.3, 0.4) is 0 Å². The first kappa shape index (κ1) is 23.5. The van der Waals surface area contributed by atoms with Crippen LogP contribution in [0.5, 0.6) is 0 Å². The highest BCUT2D eigenvalue weighted by Crippen LogP contribution is 2.27. The largest absolute Gasteiger partial charge is 0.252 e. The molecule has 1 aliphatic rings. The van der Waals surface area contributed by atoms with Gasteiger partial charge in [0.25, 0.3) is 0 Å². The monoisotopic (exact) mass is 414 g/mol. The smallest absolute Gasteiger partial charge is 0.160 e. The van der Waals surface area contributed by atoms with Gasteiger partial charge in [-0.25, -0.2) is 13.8 Å². The quantitative estimate of drug-likeness (QED) is 0.346. The first-order valence-corrected chi connectivity index (χ1v) is 9.75. The van der Waals surface area contributed by atoms with Crippen LogP contribution in [0.25, 0.3) is 0 Å². The van der Waals surface area contributed by atoms with Gasteiger partial charge < -0.3 is 0 Å². The summed E-state index contributed by atoms with van der Waals surface area (Å²) in [6.07, 6.45) is 6.87. The van der Waals surface area contributed by atoms with E-state index in [1.54, 1.807) is 32.9 Å². The van der Waals surface area contributed by atoms with Crippen LogP contribution >= 0.6 is 23.2 Å². The van der Waals surface area contributed by atoms with Gasteiger partial charge in [-0.15, -0.1) is 0 Å². The zero-order valence-electron chi connectivity index (χ0n) is 16.4. The summed E-state index contributed by atoms with van der Waals surface area (Å²) in [5, 5.41) is 0.449. The summed E-state index contributed by atoms with van der Waals surface area (Å²) in [6.45, 7) is 9.36. The van der Waals surface area contributed by atoms with Gasteiger partial charge in [-0.2, -0.15) is 0 Å². The lowest BCUT2D eigenvalue weighted by molar-refractivity contribution is 0.508. The molecule has 2 rings (SSSR count). The van der Waals surface area contributed by atoms with Crippen LogP contribution in [0.15, 0.2) is 45.0 Å². The predicted octanol–water partition coefficient (Wildman–Crippen LogP) is 7.86. The van der Waals surface area contributed by atoms with Crippen LogP contribution in [-0.4, -0.2) is 10.9 Å². The Kier molecular flexibility index (Phi) is 9.89. The highest BCUT2D eigenvalue weighted by atomic mass is 35.5. The van der Waals surface area contributed by atoms with E-state index >= 15 is 0 Å². The molecule has 0 spiro atoms. The maximum Gasteiger partial charge on any atom is 0.160 e. The molecule has 1 fully saturated rings. The van der Waals surface area contributed by atoms with Crippen molar-refractivity contribution >= 4 is 39.8 Å². The van der Waals surface area contributed by atoms with Crippen molar-refractivity contribution in [3.63, 3.8) is 0 Å². The lowest BCUT2D eigenvalue weighted by atomic mass is 10.1. The van der Waals surface area contributed by atoms with Crippen LogP contribution in [0.1, 0.15) is 52.5 Å².